The van der Waals surface area contributed by atoms with Gasteiger partial charge in [-0.15, -0.1) is 0 Å². The second-order valence-electron chi connectivity index (χ2n) is 5.57. The van der Waals surface area contributed by atoms with Crippen molar-refractivity contribution in [1.82, 2.24) is 10.1 Å². The van der Waals surface area contributed by atoms with E-state index in [0.717, 1.165) is 0 Å². The van der Waals surface area contributed by atoms with Crippen LogP contribution in [0.25, 0.3) is 11.3 Å². The normalized spacial score (nSPS) is 10.5. The first-order chi connectivity index (χ1) is 13.0. The molecule has 146 valence electrons. The summed E-state index contributed by atoms with van der Waals surface area (Å²) in [4.78, 5) is 24.9. The lowest BCUT2D eigenvalue weighted by atomic mass is 10.1. The summed E-state index contributed by atoms with van der Waals surface area (Å²) in [6.07, 6.45) is -0.174. The monoisotopic (exact) mass is 378 g/mol. The summed E-state index contributed by atoms with van der Waals surface area (Å²) in [6, 6.07) is 6.66. The lowest BCUT2D eigenvalue weighted by Gasteiger charge is -2.20. The van der Waals surface area contributed by atoms with Gasteiger partial charge < -0.3 is 28.7 Å². The molecule has 0 spiro atoms. The van der Waals surface area contributed by atoms with Crippen LogP contribution in [0.2, 0.25) is 0 Å². The minimum atomic E-state index is -0.992. The summed E-state index contributed by atoms with van der Waals surface area (Å²) >= 11 is 0. The van der Waals surface area contributed by atoms with Crippen molar-refractivity contribution in [1.29, 1.82) is 0 Å². The summed E-state index contributed by atoms with van der Waals surface area (Å²) < 4.78 is 20.8. The summed E-state index contributed by atoms with van der Waals surface area (Å²) in [5, 5.41) is 12.7. The van der Waals surface area contributed by atoms with E-state index < -0.39 is 11.9 Å². The summed E-state index contributed by atoms with van der Waals surface area (Å²) in [7, 11) is 4.56. The molecule has 2 aromatic rings. The number of carbonyl (C=O) groups excluding carboxylic acids is 1. The third kappa shape index (κ3) is 5.20. The zero-order valence-electron chi connectivity index (χ0n) is 15.4. The number of hydrogen-bond acceptors (Lipinski definition) is 7. The van der Waals surface area contributed by atoms with Gasteiger partial charge in [-0.25, -0.2) is 0 Å². The largest absolute Gasteiger partial charge is 0.497 e. The summed E-state index contributed by atoms with van der Waals surface area (Å²) in [5.74, 6) is 0.0463. The predicted molar refractivity (Wildman–Crippen MR) is 95.1 cm³/mol. The van der Waals surface area contributed by atoms with Crippen LogP contribution >= 0.6 is 0 Å². The van der Waals surface area contributed by atoms with Crippen LogP contribution in [-0.2, 0) is 9.53 Å². The maximum atomic E-state index is 12.7. The number of carboxylic acids is 1. The van der Waals surface area contributed by atoms with Crippen LogP contribution in [0.15, 0.2) is 28.8 Å². The van der Waals surface area contributed by atoms with Gasteiger partial charge in [-0.2, -0.15) is 0 Å². The molecule has 27 heavy (non-hydrogen) atoms. The summed E-state index contributed by atoms with van der Waals surface area (Å²) in [6.45, 7) is 0.574. The molecule has 0 atom stereocenters. The SMILES string of the molecule is COCCN(CCC(=O)O)C(=O)c1cc(-c2ccc(OC)cc2OC)on1. The van der Waals surface area contributed by atoms with Crippen molar-refractivity contribution in [3.63, 3.8) is 0 Å². The number of hydrogen-bond donors (Lipinski definition) is 1. The lowest BCUT2D eigenvalue weighted by molar-refractivity contribution is -0.137. The Hall–Kier alpha value is -3.07. The molecule has 1 amide bonds. The minimum Gasteiger partial charge on any atom is -0.497 e. The number of carboxylic acid groups (broad SMARTS) is 1. The highest BCUT2D eigenvalue weighted by Gasteiger charge is 2.22. The van der Waals surface area contributed by atoms with E-state index in [0.29, 0.717) is 22.8 Å². The molecule has 0 aliphatic heterocycles. The molecule has 1 aromatic heterocycles. The number of amides is 1. The molecule has 9 nitrogen and oxygen atoms in total. The molecule has 0 aliphatic rings. The van der Waals surface area contributed by atoms with E-state index in [1.165, 1.54) is 25.2 Å². The van der Waals surface area contributed by atoms with Gasteiger partial charge in [-0.1, -0.05) is 5.16 Å². The van der Waals surface area contributed by atoms with Crippen molar-refractivity contribution < 1.29 is 33.4 Å². The molecule has 0 saturated heterocycles. The molecule has 2 rings (SSSR count). The minimum absolute atomic E-state index is 0.0472. The number of carbonyl (C=O) groups is 2. The van der Waals surface area contributed by atoms with Gasteiger partial charge in [0.1, 0.15) is 11.5 Å². The first-order valence-corrected chi connectivity index (χ1v) is 8.19. The number of ether oxygens (including phenoxy) is 3. The Morgan fingerprint density at radius 3 is 2.56 bits per heavy atom. The van der Waals surface area contributed by atoms with Crippen molar-refractivity contribution in [2.75, 3.05) is 41.0 Å². The Morgan fingerprint density at radius 1 is 1.15 bits per heavy atom. The average molecular weight is 378 g/mol. The van der Waals surface area contributed by atoms with Gasteiger partial charge in [0.2, 0.25) is 0 Å². The second-order valence-corrected chi connectivity index (χ2v) is 5.57. The van der Waals surface area contributed by atoms with Crippen LogP contribution < -0.4 is 9.47 Å². The molecule has 1 N–H and O–H groups in total. The molecular formula is C18H22N2O7. The van der Waals surface area contributed by atoms with Gasteiger partial charge in [0.25, 0.3) is 5.91 Å². The molecule has 0 unspecified atom stereocenters. The Labute approximate surface area is 156 Å². The first kappa shape index (κ1) is 20.2. The fourth-order valence-corrected chi connectivity index (χ4v) is 2.41. The molecule has 0 aliphatic carbocycles. The van der Waals surface area contributed by atoms with Crippen LogP contribution in [0.1, 0.15) is 16.9 Å². The quantitative estimate of drug-likeness (QED) is 0.667. The van der Waals surface area contributed by atoms with E-state index in [9.17, 15) is 9.59 Å². The topological polar surface area (TPSA) is 111 Å². The zero-order valence-corrected chi connectivity index (χ0v) is 15.4. The van der Waals surface area contributed by atoms with Gasteiger partial charge in [0.05, 0.1) is 32.8 Å². The third-order valence-corrected chi connectivity index (χ3v) is 3.85. The van der Waals surface area contributed by atoms with Gasteiger partial charge in [0, 0.05) is 32.3 Å². The molecule has 0 fully saturated rings. The fourth-order valence-electron chi connectivity index (χ4n) is 2.41. The van der Waals surface area contributed by atoms with Gasteiger partial charge in [-0.3, -0.25) is 9.59 Å². The van der Waals surface area contributed by atoms with Crippen molar-refractivity contribution in [2.24, 2.45) is 0 Å². The van der Waals surface area contributed by atoms with E-state index in [1.54, 1.807) is 25.3 Å². The van der Waals surface area contributed by atoms with Crippen LogP contribution in [0.4, 0.5) is 0 Å². The molecule has 9 heteroatoms. The van der Waals surface area contributed by atoms with Gasteiger partial charge in [0.15, 0.2) is 11.5 Å². The number of rotatable bonds is 10. The van der Waals surface area contributed by atoms with E-state index in [1.807, 2.05) is 0 Å². The van der Waals surface area contributed by atoms with Gasteiger partial charge >= 0.3 is 5.97 Å². The molecular weight excluding hydrogens is 356 g/mol. The number of aliphatic carboxylic acids is 1. The molecule has 0 bridgehead atoms. The van der Waals surface area contributed by atoms with E-state index in [-0.39, 0.29) is 31.8 Å². The number of nitrogens with zero attached hydrogens (tertiary/aromatic N) is 2. The number of methoxy groups -OCH3 is 3. The van der Waals surface area contributed by atoms with Crippen LogP contribution in [0, 0.1) is 0 Å². The van der Waals surface area contributed by atoms with Crippen molar-refractivity contribution in [3.05, 3.63) is 30.0 Å². The van der Waals surface area contributed by atoms with E-state index >= 15 is 0 Å². The Bertz CT molecular complexity index is 788. The van der Waals surface area contributed by atoms with Crippen LogP contribution in [0.5, 0.6) is 11.5 Å². The maximum absolute atomic E-state index is 12.7. The smallest absolute Gasteiger partial charge is 0.305 e. The second kappa shape index (κ2) is 9.58. The van der Waals surface area contributed by atoms with E-state index in [2.05, 4.69) is 5.16 Å². The Kier molecular flexibility index (Phi) is 7.18. The predicted octanol–water partition coefficient (Wildman–Crippen LogP) is 1.92. The Morgan fingerprint density at radius 2 is 1.93 bits per heavy atom. The van der Waals surface area contributed by atoms with Gasteiger partial charge in [-0.05, 0) is 12.1 Å². The Balaban J connectivity index is 2.24. The maximum Gasteiger partial charge on any atom is 0.305 e. The summed E-state index contributed by atoms with van der Waals surface area (Å²) in [5.41, 5.74) is 0.684. The fraction of sp³-hybridized carbons (Fsp3) is 0.389. The van der Waals surface area contributed by atoms with Crippen molar-refractivity contribution in [3.8, 4) is 22.8 Å². The number of benzene rings is 1. The van der Waals surface area contributed by atoms with Crippen molar-refractivity contribution >= 4 is 11.9 Å². The highest BCUT2D eigenvalue weighted by molar-refractivity contribution is 5.93. The highest BCUT2D eigenvalue weighted by Crippen LogP contribution is 2.33. The molecule has 0 saturated carbocycles. The van der Waals surface area contributed by atoms with Crippen LogP contribution in [-0.4, -0.2) is 68.1 Å². The first-order valence-electron chi connectivity index (χ1n) is 8.19. The zero-order chi connectivity index (χ0) is 19.8. The number of aromatic nitrogens is 1. The standard InChI is InChI=1S/C18H22N2O7/c1-24-9-8-20(7-6-17(21)22)18(23)14-11-16(27-19-14)13-5-4-12(25-2)10-15(13)26-3/h4-5,10-11H,6-9H2,1-3H3,(H,21,22). The van der Waals surface area contributed by atoms with Crippen LogP contribution in [0.3, 0.4) is 0 Å². The lowest BCUT2D eigenvalue weighted by Crippen LogP contribution is -2.35. The van der Waals surface area contributed by atoms with E-state index in [4.69, 9.17) is 23.8 Å². The van der Waals surface area contributed by atoms with Crippen molar-refractivity contribution in [2.45, 2.75) is 6.42 Å². The molecule has 1 heterocycles. The third-order valence-electron chi connectivity index (χ3n) is 3.85. The molecule has 1 aromatic carbocycles. The highest BCUT2D eigenvalue weighted by atomic mass is 16.5. The molecule has 0 radical (unpaired) electrons. The average Bonchev–Trinajstić information content (AvgIpc) is 3.16.